The number of fused-ring (bicyclic) bond motifs is 1. The summed E-state index contributed by atoms with van der Waals surface area (Å²) in [5, 5.41) is 8.79. The molecule has 0 saturated carbocycles. The van der Waals surface area contributed by atoms with Crippen LogP contribution in [-0.4, -0.2) is 52.5 Å². The Morgan fingerprint density at radius 1 is 1.50 bits per heavy atom. The summed E-state index contributed by atoms with van der Waals surface area (Å²) in [7, 11) is 0. The Hall–Kier alpha value is -2.05. The van der Waals surface area contributed by atoms with Gasteiger partial charge in [-0.05, 0) is 6.42 Å². The van der Waals surface area contributed by atoms with Gasteiger partial charge in [0, 0.05) is 32.1 Å². The number of carboxylic acids is 1. The number of oxazole rings is 1. The maximum absolute atomic E-state index is 11.5. The molecule has 0 radical (unpaired) electrons. The Kier molecular flexibility index (Phi) is 2.46. The molecule has 0 bridgehead atoms. The van der Waals surface area contributed by atoms with Gasteiger partial charge in [0.05, 0.1) is 0 Å². The van der Waals surface area contributed by atoms with E-state index in [2.05, 4.69) is 4.98 Å². The fourth-order valence-electron chi connectivity index (χ4n) is 2.55. The summed E-state index contributed by atoms with van der Waals surface area (Å²) in [6.07, 6.45) is 2.59. The molecule has 0 spiro atoms. The van der Waals surface area contributed by atoms with Crippen LogP contribution >= 0.6 is 0 Å². The summed E-state index contributed by atoms with van der Waals surface area (Å²) >= 11 is 0. The zero-order chi connectivity index (χ0) is 12.7. The van der Waals surface area contributed by atoms with Gasteiger partial charge >= 0.3 is 5.97 Å². The van der Waals surface area contributed by atoms with Crippen molar-refractivity contribution in [1.82, 2.24) is 9.88 Å². The lowest BCUT2D eigenvalue weighted by Gasteiger charge is -2.36. The summed E-state index contributed by atoms with van der Waals surface area (Å²) in [6, 6.07) is 0.526. The van der Waals surface area contributed by atoms with Crippen LogP contribution in [0.15, 0.2) is 10.7 Å². The fourth-order valence-corrected chi connectivity index (χ4v) is 2.55. The second-order valence-electron chi connectivity index (χ2n) is 4.55. The first-order chi connectivity index (χ1) is 8.65. The molecule has 7 nitrogen and oxygen atoms in total. The molecule has 96 valence electrons. The zero-order valence-electron chi connectivity index (χ0n) is 9.70. The SMILES string of the molecule is O=C(O)c1coc(N2CCN3C(=O)CCC3C2)n1. The molecule has 1 amide bonds. The third-order valence-electron chi connectivity index (χ3n) is 3.48. The number of nitrogens with zero attached hydrogens (tertiary/aromatic N) is 3. The van der Waals surface area contributed by atoms with Crippen LogP contribution in [0, 0.1) is 0 Å². The number of aromatic carboxylic acids is 1. The molecule has 1 aromatic rings. The summed E-state index contributed by atoms with van der Waals surface area (Å²) in [5.41, 5.74) is -0.0880. The second-order valence-corrected chi connectivity index (χ2v) is 4.55. The molecule has 7 heteroatoms. The predicted molar refractivity (Wildman–Crippen MR) is 60.4 cm³/mol. The molecular formula is C11H13N3O4. The van der Waals surface area contributed by atoms with Gasteiger partial charge in [-0.2, -0.15) is 4.98 Å². The van der Waals surface area contributed by atoms with Gasteiger partial charge in [0.15, 0.2) is 5.69 Å². The molecule has 1 unspecified atom stereocenters. The molecule has 1 aromatic heterocycles. The lowest BCUT2D eigenvalue weighted by atomic mass is 10.2. The van der Waals surface area contributed by atoms with Gasteiger partial charge in [0.1, 0.15) is 6.26 Å². The first kappa shape index (κ1) is 11.1. The summed E-state index contributed by atoms with van der Waals surface area (Å²) in [6.45, 7) is 1.93. The lowest BCUT2D eigenvalue weighted by Crippen LogP contribution is -2.51. The van der Waals surface area contributed by atoms with E-state index in [9.17, 15) is 9.59 Å². The third kappa shape index (κ3) is 1.71. The Bertz CT molecular complexity index is 498. The van der Waals surface area contributed by atoms with Crippen molar-refractivity contribution in [1.29, 1.82) is 0 Å². The number of carboxylic acid groups (broad SMARTS) is 1. The van der Waals surface area contributed by atoms with E-state index in [-0.39, 0.29) is 17.6 Å². The number of amides is 1. The highest BCUT2D eigenvalue weighted by molar-refractivity contribution is 5.85. The Balaban J connectivity index is 1.74. The molecule has 0 aromatic carbocycles. The minimum Gasteiger partial charge on any atom is -0.476 e. The highest BCUT2D eigenvalue weighted by Gasteiger charge is 2.36. The van der Waals surface area contributed by atoms with Gasteiger partial charge in [-0.1, -0.05) is 0 Å². The number of piperazine rings is 1. The van der Waals surface area contributed by atoms with Gasteiger partial charge in [-0.3, -0.25) is 4.79 Å². The standard InChI is InChI=1S/C11H13N3O4/c15-9-2-1-7-5-13(3-4-14(7)9)11-12-8(6-18-11)10(16)17/h6-7H,1-5H2,(H,16,17). The number of carbonyl (C=O) groups excluding carboxylic acids is 1. The molecule has 2 fully saturated rings. The molecule has 2 aliphatic heterocycles. The van der Waals surface area contributed by atoms with E-state index in [0.717, 1.165) is 12.7 Å². The second kappa shape index (κ2) is 4.01. The molecule has 2 aliphatic rings. The van der Waals surface area contributed by atoms with Crippen molar-refractivity contribution in [2.75, 3.05) is 24.5 Å². The smallest absolute Gasteiger partial charge is 0.357 e. The predicted octanol–water partition coefficient (Wildman–Crippen LogP) is 0.184. The van der Waals surface area contributed by atoms with Crippen molar-refractivity contribution < 1.29 is 19.1 Å². The van der Waals surface area contributed by atoms with E-state index in [0.29, 0.717) is 32.1 Å². The molecule has 3 heterocycles. The van der Waals surface area contributed by atoms with E-state index in [1.807, 2.05) is 9.80 Å². The first-order valence-electron chi connectivity index (χ1n) is 5.88. The van der Waals surface area contributed by atoms with Crippen LogP contribution in [0.4, 0.5) is 6.01 Å². The van der Waals surface area contributed by atoms with Crippen molar-refractivity contribution in [2.24, 2.45) is 0 Å². The molecule has 2 saturated heterocycles. The number of aromatic nitrogens is 1. The van der Waals surface area contributed by atoms with Crippen LogP contribution in [0.5, 0.6) is 0 Å². The molecule has 1 N–H and O–H groups in total. The minimum absolute atomic E-state index is 0.0880. The van der Waals surface area contributed by atoms with Crippen LogP contribution in [0.2, 0.25) is 0 Å². The van der Waals surface area contributed by atoms with E-state index in [4.69, 9.17) is 9.52 Å². The van der Waals surface area contributed by atoms with Crippen molar-refractivity contribution in [3.63, 3.8) is 0 Å². The Morgan fingerprint density at radius 2 is 2.33 bits per heavy atom. The van der Waals surface area contributed by atoms with Crippen molar-refractivity contribution in [3.05, 3.63) is 12.0 Å². The molecule has 18 heavy (non-hydrogen) atoms. The minimum atomic E-state index is -1.10. The number of hydrogen-bond acceptors (Lipinski definition) is 5. The van der Waals surface area contributed by atoms with Gasteiger partial charge < -0.3 is 19.3 Å². The number of hydrogen-bond donors (Lipinski definition) is 1. The third-order valence-corrected chi connectivity index (χ3v) is 3.48. The maximum Gasteiger partial charge on any atom is 0.357 e. The van der Waals surface area contributed by atoms with Gasteiger partial charge in [-0.15, -0.1) is 0 Å². The lowest BCUT2D eigenvalue weighted by molar-refractivity contribution is -0.129. The molecular weight excluding hydrogens is 238 g/mol. The summed E-state index contributed by atoms with van der Waals surface area (Å²) in [5.74, 6) is -0.891. The highest BCUT2D eigenvalue weighted by atomic mass is 16.4. The van der Waals surface area contributed by atoms with E-state index < -0.39 is 5.97 Å². The van der Waals surface area contributed by atoms with Gasteiger partial charge in [-0.25, -0.2) is 4.79 Å². The highest BCUT2D eigenvalue weighted by Crippen LogP contribution is 2.25. The molecule has 0 aliphatic carbocycles. The quantitative estimate of drug-likeness (QED) is 0.807. The van der Waals surface area contributed by atoms with E-state index in [1.54, 1.807) is 0 Å². The van der Waals surface area contributed by atoms with E-state index in [1.165, 1.54) is 0 Å². The average Bonchev–Trinajstić information content (AvgIpc) is 2.96. The Labute approximate surface area is 103 Å². The van der Waals surface area contributed by atoms with Crippen LogP contribution in [0.25, 0.3) is 0 Å². The van der Waals surface area contributed by atoms with Crippen LogP contribution in [-0.2, 0) is 4.79 Å². The van der Waals surface area contributed by atoms with E-state index >= 15 is 0 Å². The normalized spacial score (nSPS) is 23.3. The number of anilines is 1. The Morgan fingerprint density at radius 3 is 3.06 bits per heavy atom. The fraction of sp³-hybridized carbons (Fsp3) is 0.545. The average molecular weight is 251 g/mol. The van der Waals surface area contributed by atoms with Gasteiger partial charge in [0.2, 0.25) is 5.91 Å². The zero-order valence-corrected chi connectivity index (χ0v) is 9.70. The van der Waals surface area contributed by atoms with Crippen molar-refractivity contribution >= 4 is 17.9 Å². The maximum atomic E-state index is 11.5. The molecule has 3 rings (SSSR count). The van der Waals surface area contributed by atoms with Crippen molar-refractivity contribution in [2.45, 2.75) is 18.9 Å². The number of carbonyl (C=O) groups is 2. The summed E-state index contributed by atoms with van der Waals surface area (Å²) < 4.78 is 5.17. The molecule has 1 atom stereocenters. The topological polar surface area (TPSA) is 86.9 Å². The van der Waals surface area contributed by atoms with Crippen LogP contribution in [0.1, 0.15) is 23.3 Å². The van der Waals surface area contributed by atoms with Crippen molar-refractivity contribution in [3.8, 4) is 0 Å². The largest absolute Gasteiger partial charge is 0.476 e. The first-order valence-corrected chi connectivity index (χ1v) is 5.88. The van der Waals surface area contributed by atoms with Gasteiger partial charge in [0.25, 0.3) is 6.01 Å². The monoisotopic (exact) mass is 251 g/mol. The summed E-state index contributed by atoms with van der Waals surface area (Å²) in [4.78, 5) is 30.0. The van der Waals surface area contributed by atoms with Crippen LogP contribution < -0.4 is 4.90 Å². The number of rotatable bonds is 2. The van der Waals surface area contributed by atoms with Crippen LogP contribution in [0.3, 0.4) is 0 Å².